The predicted octanol–water partition coefficient (Wildman–Crippen LogP) is 4.72. The maximum atomic E-state index is 15.1. The number of ketones is 1. The van der Waals surface area contributed by atoms with Gasteiger partial charge in [0, 0.05) is 17.5 Å². The zero-order valence-electron chi connectivity index (χ0n) is 20.3. The Balaban J connectivity index is 1.68. The van der Waals surface area contributed by atoms with Crippen molar-refractivity contribution in [3.63, 3.8) is 0 Å². The van der Waals surface area contributed by atoms with Crippen LogP contribution in [0.2, 0.25) is 0 Å². The number of hydrogen-bond acceptors (Lipinski definition) is 8. The summed E-state index contributed by atoms with van der Waals surface area (Å²) in [6, 6.07) is 9.39. The van der Waals surface area contributed by atoms with Crippen LogP contribution >= 0.6 is 11.3 Å². The van der Waals surface area contributed by atoms with E-state index in [1.54, 1.807) is 38.1 Å². The highest BCUT2D eigenvalue weighted by molar-refractivity contribution is 7.17. The number of aromatic nitrogens is 1. The second-order valence-electron chi connectivity index (χ2n) is 8.78. The molecule has 1 aromatic heterocycles. The van der Waals surface area contributed by atoms with Gasteiger partial charge < -0.3 is 14.6 Å². The summed E-state index contributed by atoms with van der Waals surface area (Å²) in [6.45, 7) is 5.31. The molecule has 2 aliphatic rings. The van der Waals surface area contributed by atoms with Crippen LogP contribution in [0.5, 0.6) is 5.75 Å². The van der Waals surface area contributed by atoms with Crippen molar-refractivity contribution < 1.29 is 33.4 Å². The summed E-state index contributed by atoms with van der Waals surface area (Å²) in [5.41, 5.74) is 1.20. The number of benzene rings is 2. The number of aliphatic hydroxyl groups is 1. The van der Waals surface area contributed by atoms with E-state index in [4.69, 9.17) is 9.47 Å². The number of amides is 1. The number of nitrogens with zero attached hydrogens (tertiary/aromatic N) is 2. The van der Waals surface area contributed by atoms with E-state index in [-0.39, 0.29) is 33.9 Å². The first-order chi connectivity index (χ1) is 17.7. The number of fused-ring (bicyclic) bond motifs is 1. The highest BCUT2D eigenvalue weighted by Crippen LogP contribution is 2.45. The second kappa shape index (κ2) is 9.44. The molecular formula is C27H23FN2O6S. The van der Waals surface area contributed by atoms with Crippen LogP contribution in [0.3, 0.4) is 0 Å². The molecule has 1 fully saturated rings. The van der Waals surface area contributed by atoms with E-state index in [1.165, 1.54) is 18.2 Å². The first-order valence-electron chi connectivity index (χ1n) is 11.7. The predicted molar refractivity (Wildman–Crippen MR) is 134 cm³/mol. The highest BCUT2D eigenvalue weighted by Gasteiger charge is 2.49. The van der Waals surface area contributed by atoms with E-state index < -0.39 is 35.3 Å². The number of halogens is 1. The number of anilines is 1. The van der Waals surface area contributed by atoms with Gasteiger partial charge in [0.15, 0.2) is 5.13 Å². The van der Waals surface area contributed by atoms with Crippen LogP contribution in [0.1, 0.15) is 51.9 Å². The Morgan fingerprint density at radius 3 is 2.76 bits per heavy atom. The van der Waals surface area contributed by atoms with Gasteiger partial charge in [0.1, 0.15) is 34.3 Å². The molecule has 37 heavy (non-hydrogen) atoms. The number of esters is 1. The van der Waals surface area contributed by atoms with Gasteiger partial charge in [-0.25, -0.2) is 14.2 Å². The average molecular weight is 523 g/mol. The fourth-order valence-corrected chi connectivity index (χ4v) is 5.60. The van der Waals surface area contributed by atoms with E-state index >= 15 is 4.39 Å². The van der Waals surface area contributed by atoms with Crippen molar-refractivity contribution in [2.45, 2.75) is 39.3 Å². The summed E-state index contributed by atoms with van der Waals surface area (Å²) in [5.74, 6) is -3.01. The van der Waals surface area contributed by atoms with Crippen LogP contribution in [0, 0.1) is 12.7 Å². The Bertz CT molecular complexity index is 1480. The summed E-state index contributed by atoms with van der Waals surface area (Å²) >= 11 is 0.865. The lowest BCUT2D eigenvalue weighted by atomic mass is 9.94. The molecule has 2 aliphatic heterocycles. The summed E-state index contributed by atoms with van der Waals surface area (Å²) in [5, 5.41) is 11.4. The molecule has 8 nitrogen and oxygen atoms in total. The lowest BCUT2D eigenvalue weighted by molar-refractivity contribution is -0.132. The molecule has 2 unspecified atom stereocenters. The van der Waals surface area contributed by atoms with Crippen molar-refractivity contribution in [2.24, 2.45) is 0 Å². The molecule has 190 valence electrons. The molecule has 10 heteroatoms. The standard InChI is InChI=1S/C27H23FN2O6S/c1-4-35-26(34)24-14(3)29-27(37-24)30-21(17-7-5-6-8-18(17)28)20(23(32)25(30)33)22(31)15-9-10-19-16(12-15)11-13(2)36-19/h5-10,12-13,21,31H,4,11H2,1-3H3. The Morgan fingerprint density at radius 2 is 2.03 bits per heavy atom. The molecule has 1 N–H and O–H groups in total. The molecular weight excluding hydrogens is 499 g/mol. The summed E-state index contributed by atoms with van der Waals surface area (Å²) in [4.78, 5) is 44.6. The van der Waals surface area contributed by atoms with Crippen LogP contribution in [0.4, 0.5) is 9.52 Å². The number of aryl methyl sites for hydroxylation is 1. The summed E-state index contributed by atoms with van der Waals surface area (Å²) < 4.78 is 25.9. The van der Waals surface area contributed by atoms with Crippen LogP contribution in [-0.4, -0.2) is 40.5 Å². The smallest absolute Gasteiger partial charge is 0.350 e. The number of aliphatic hydroxyl groups excluding tert-OH is 1. The van der Waals surface area contributed by atoms with Crippen molar-refractivity contribution in [3.05, 3.63) is 81.1 Å². The Labute approximate surface area is 216 Å². The number of hydrogen-bond donors (Lipinski definition) is 1. The fourth-order valence-electron chi connectivity index (χ4n) is 4.62. The van der Waals surface area contributed by atoms with Gasteiger partial charge in [-0.3, -0.25) is 14.5 Å². The largest absolute Gasteiger partial charge is 0.507 e. The van der Waals surface area contributed by atoms with E-state index in [0.29, 0.717) is 23.4 Å². The number of carbonyl (C=O) groups excluding carboxylic acids is 3. The van der Waals surface area contributed by atoms with Gasteiger partial charge in [-0.15, -0.1) is 0 Å². The minimum absolute atomic E-state index is 0.00639. The zero-order chi connectivity index (χ0) is 26.4. The van der Waals surface area contributed by atoms with Crippen molar-refractivity contribution in [2.75, 3.05) is 11.5 Å². The van der Waals surface area contributed by atoms with Crippen LogP contribution in [-0.2, 0) is 20.7 Å². The van der Waals surface area contributed by atoms with Gasteiger partial charge in [0.05, 0.1) is 17.9 Å². The van der Waals surface area contributed by atoms with Gasteiger partial charge in [0.25, 0.3) is 5.78 Å². The molecule has 1 saturated heterocycles. The van der Waals surface area contributed by atoms with Crippen LogP contribution in [0.15, 0.2) is 48.0 Å². The summed E-state index contributed by atoms with van der Waals surface area (Å²) in [7, 11) is 0. The van der Waals surface area contributed by atoms with Gasteiger partial charge >= 0.3 is 11.9 Å². The van der Waals surface area contributed by atoms with E-state index in [9.17, 15) is 19.5 Å². The molecule has 3 aromatic rings. The second-order valence-corrected chi connectivity index (χ2v) is 9.75. The molecule has 1 amide bonds. The maximum Gasteiger partial charge on any atom is 0.350 e. The van der Waals surface area contributed by atoms with Crippen molar-refractivity contribution in [1.29, 1.82) is 0 Å². The highest BCUT2D eigenvalue weighted by atomic mass is 32.1. The Hall–Kier alpha value is -4.05. The number of thiazole rings is 1. The third kappa shape index (κ3) is 4.17. The molecule has 0 saturated carbocycles. The molecule has 0 spiro atoms. The lowest BCUT2D eigenvalue weighted by Gasteiger charge is -2.23. The molecule has 2 aromatic carbocycles. The number of ether oxygens (including phenoxy) is 2. The van der Waals surface area contributed by atoms with E-state index in [1.807, 2.05) is 6.92 Å². The van der Waals surface area contributed by atoms with E-state index in [0.717, 1.165) is 21.8 Å². The number of rotatable bonds is 5. The Morgan fingerprint density at radius 1 is 1.27 bits per heavy atom. The van der Waals surface area contributed by atoms with Crippen molar-refractivity contribution >= 4 is 39.9 Å². The lowest BCUT2D eigenvalue weighted by Crippen LogP contribution is -2.29. The SMILES string of the molecule is CCOC(=O)c1sc(N2C(=O)C(=O)C(=C(O)c3ccc4c(c3)CC(C)O4)C2c2ccccc2F)nc1C. The first-order valence-corrected chi connectivity index (χ1v) is 12.5. The third-order valence-corrected chi connectivity index (χ3v) is 7.40. The monoisotopic (exact) mass is 522 g/mol. The third-order valence-electron chi connectivity index (χ3n) is 6.27. The molecule has 3 heterocycles. The normalized spacial score (nSPS) is 20.2. The zero-order valence-corrected chi connectivity index (χ0v) is 21.1. The molecule has 2 atom stereocenters. The van der Waals surface area contributed by atoms with Gasteiger partial charge in [-0.05, 0) is 50.6 Å². The maximum absolute atomic E-state index is 15.1. The fraction of sp³-hybridized carbons (Fsp3) is 0.259. The van der Waals surface area contributed by atoms with Crippen LogP contribution in [0.25, 0.3) is 5.76 Å². The quantitative estimate of drug-likeness (QED) is 0.224. The topological polar surface area (TPSA) is 106 Å². The molecule has 0 radical (unpaired) electrons. The number of Topliss-reactive ketones (excluding diaryl/α,β-unsaturated/α-hetero) is 1. The summed E-state index contributed by atoms with van der Waals surface area (Å²) in [6.07, 6.45) is 0.592. The molecule has 0 bridgehead atoms. The van der Waals surface area contributed by atoms with E-state index in [2.05, 4.69) is 4.98 Å². The Kier molecular flexibility index (Phi) is 6.28. The van der Waals surface area contributed by atoms with Gasteiger partial charge in [-0.2, -0.15) is 0 Å². The van der Waals surface area contributed by atoms with Gasteiger partial charge in [0.2, 0.25) is 0 Å². The first kappa shape index (κ1) is 24.6. The molecule has 5 rings (SSSR count). The van der Waals surface area contributed by atoms with Crippen LogP contribution < -0.4 is 9.64 Å². The van der Waals surface area contributed by atoms with Crippen molar-refractivity contribution in [3.8, 4) is 5.75 Å². The molecule has 0 aliphatic carbocycles. The number of carbonyl (C=O) groups is 3. The van der Waals surface area contributed by atoms with Crippen molar-refractivity contribution in [1.82, 2.24) is 4.98 Å². The minimum atomic E-state index is -1.30. The minimum Gasteiger partial charge on any atom is -0.507 e. The van der Waals surface area contributed by atoms with Gasteiger partial charge in [-0.1, -0.05) is 29.5 Å². The average Bonchev–Trinajstić information content (AvgIpc) is 3.51.